The number of carbonyl (C=O) groups is 1. The second-order valence-electron chi connectivity index (χ2n) is 6.34. The van der Waals surface area contributed by atoms with E-state index in [1.54, 1.807) is 6.07 Å². The highest BCUT2D eigenvalue weighted by molar-refractivity contribution is 7.91. The molecule has 1 amide bonds. The lowest BCUT2D eigenvalue weighted by atomic mass is 9.80. The Morgan fingerprint density at radius 2 is 2.00 bits per heavy atom. The molecule has 1 aromatic heterocycles. The van der Waals surface area contributed by atoms with Gasteiger partial charge in [-0.1, -0.05) is 27.7 Å². The van der Waals surface area contributed by atoms with E-state index in [4.69, 9.17) is 5.14 Å². The summed E-state index contributed by atoms with van der Waals surface area (Å²) in [4.78, 5) is 12.7. The Kier molecular flexibility index (Phi) is 5.95. The highest BCUT2D eigenvalue weighted by Gasteiger charge is 2.22. The molecule has 0 aliphatic carbocycles. The molecule has 7 heteroatoms. The normalized spacial score (nSPS) is 14.0. The van der Waals surface area contributed by atoms with Gasteiger partial charge in [-0.15, -0.1) is 11.3 Å². The number of sulfonamides is 1. The molecular weight excluding hydrogens is 308 g/mol. The number of rotatable bonds is 6. The summed E-state index contributed by atoms with van der Waals surface area (Å²) in [7, 11) is -3.62. The molecule has 0 aliphatic heterocycles. The third kappa shape index (κ3) is 6.15. The lowest BCUT2D eigenvalue weighted by molar-refractivity contribution is -0.122. The van der Waals surface area contributed by atoms with Crippen molar-refractivity contribution in [2.45, 2.75) is 44.7 Å². The molecule has 0 fully saturated rings. The zero-order valence-corrected chi connectivity index (χ0v) is 14.6. The Hall–Kier alpha value is -0.920. The average Bonchev–Trinajstić information content (AvgIpc) is 2.76. The van der Waals surface area contributed by atoms with Crippen LogP contribution in [0.5, 0.6) is 0 Å². The average molecular weight is 332 g/mol. The molecule has 0 radical (unpaired) electrons. The molecular formula is C14H24N2O3S2. The molecule has 120 valence electrons. The van der Waals surface area contributed by atoms with Gasteiger partial charge < -0.3 is 5.32 Å². The van der Waals surface area contributed by atoms with Crippen LogP contribution >= 0.6 is 11.3 Å². The quantitative estimate of drug-likeness (QED) is 0.836. The Labute approximate surface area is 131 Å². The van der Waals surface area contributed by atoms with Gasteiger partial charge in [0.1, 0.15) is 4.21 Å². The monoisotopic (exact) mass is 332 g/mol. The molecule has 1 unspecified atom stereocenters. The first-order valence-corrected chi connectivity index (χ1v) is 9.24. The molecule has 21 heavy (non-hydrogen) atoms. The van der Waals surface area contributed by atoms with Gasteiger partial charge in [-0.2, -0.15) is 0 Å². The van der Waals surface area contributed by atoms with Crippen molar-refractivity contribution in [3.05, 3.63) is 17.0 Å². The number of amides is 1. The maximum absolute atomic E-state index is 11.8. The lowest BCUT2D eigenvalue weighted by Gasteiger charge is -2.26. The molecule has 1 rings (SSSR count). The Morgan fingerprint density at radius 3 is 2.48 bits per heavy atom. The fourth-order valence-corrected chi connectivity index (χ4v) is 3.41. The van der Waals surface area contributed by atoms with E-state index in [0.717, 1.165) is 16.2 Å². The van der Waals surface area contributed by atoms with E-state index in [2.05, 4.69) is 33.0 Å². The summed E-state index contributed by atoms with van der Waals surface area (Å²) in [5, 5.41) is 7.92. The number of primary sulfonamides is 1. The highest BCUT2D eigenvalue weighted by atomic mass is 32.2. The van der Waals surface area contributed by atoms with Crippen LogP contribution in [0.25, 0.3) is 0 Å². The molecule has 5 nitrogen and oxygen atoms in total. The number of thiophene rings is 1. The van der Waals surface area contributed by atoms with Gasteiger partial charge in [-0.05, 0) is 29.9 Å². The van der Waals surface area contributed by atoms with Gasteiger partial charge in [0.25, 0.3) is 0 Å². The van der Waals surface area contributed by atoms with Crippen molar-refractivity contribution in [2.75, 3.05) is 6.54 Å². The fourth-order valence-electron chi connectivity index (χ4n) is 1.63. The summed E-state index contributed by atoms with van der Waals surface area (Å²) in [6, 6.07) is 3.23. The van der Waals surface area contributed by atoms with Crippen LogP contribution in [0, 0.1) is 11.3 Å². The minimum absolute atomic E-state index is 0.0284. The van der Waals surface area contributed by atoms with Crippen LogP contribution in [0.2, 0.25) is 0 Å². The Balaban J connectivity index is 2.40. The van der Waals surface area contributed by atoms with Crippen molar-refractivity contribution < 1.29 is 13.2 Å². The summed E-state index contributed by atoms with van der Waals surface area (Å²) in [5.41, 5.74) is 0.107. The maximum atomic E-state index is 11.8. The van der Waals surface area contributed by atoms with Gasteiger partial charge in [0, 0.05) is 17.8 Å². The maximum Gasteiger partial charge on any atom is 0.247 e. The summed E-state index contributed by atoms with van der Waals surface area (Å²) in [6.45, 7) is 8.92. The van der Waals surface area contributed by atoms with Crippen LogP contribution in [0.15, 0.2) is 16.3 Å². The van der Waals surface area contributed by atoms with E-state index < -0.39 is 10.0 Å². The molecule has 0 aliphatic rings. The van der Waals surface area contributed by atoms with Crippen LogP contribution in [-0.4, -0.2) is 20.9 Å². The van der Waals surface area contributed by atoms with E-state index in [1.807, 2.05) is 0 Å². The second kappa shape index (κ2) is 6.89. The first kappa shape index (κ1) is 18.1. The number of nitrogens with one attached hydrogen (secondary N) is 1. The SMILES string of the molecule is CC(CC(=O)NCCc1ccc(S(N)(=O)=O)s1)C(C)(C)C. The van der Waals surface area contributed by atoms with Crippen LogP contribution < -0.4 is 10.5 Å². The molecule has 1 heterocycles. The summed E-state index contributed by atoms with van der Waals surface area (Å²) in [5.74, 6) is 0.328. The predicted molar refractivity (Wildman–Crippen MR) is 85.6 cm³/mol. The van der Waals surface area contributed by atoms with Crippen LogP contribution in [-0.2, 0) is 21.2 Å². The standard InChI is InChI=1S/C14H24N2O3S2/c1-10(14(2,3)4)9-12(17)16-8-7-11-5-6-13(20-11)21(15,18)19/h5-6,10H,7-9H2,1-4H3,(H,16,17)(H2,15,18,19). The fraction of sp³-hybridized carbons (Fsp3) is 0.643. The third-order valence-corrected chi connectivity index (χ3v) is 6.16. The van der Waals surface area contributed by atoms with Gasteiger partial charge >= 0.3 is 0 Å². The van der Waals surface area contributed by atoms with Crippen molar-refractivity contribution in [2.24, 2.45) is 16.5 Å². The molecule has 0 aromatic carbocycles. The molecule has 0 spiro atoms. The van der Waals surface area contributed by atoms with Gasteiger partial charge in [0.05, 0.1) is 0 Å². The summed E-state index contributed by atoms with van der Waals surface area (Å²) < 4.78 is 22.5. The minimum atomic E-state index is -3.62. The minimum Gasteiger partial charge on any atom is -0.356 e. The number of nitrogens with two attached hydrogens (primary N) is 1. The highest BCUT2D eigenvalue weighted by Crippen LogP contribution is 2.27. The number of hydrogen-bond donors (Lipinski definition) is 2. The molecule has 0 saturated carbocycles. The zero-order valence-electron chi connectivity index (χ0n) is 13.0. The first-order chi connectivity index (χ1) is 9.50. The van der Waals surface area contributed by atoms with E-state index in [9.17, 15) is 13.2 Å². The smallest absolute Gasteiger partial charge is 0.247 e. The lowest BCUT2D eigenvalue weighted by Crippen LogP contribution is -2.30. The molecule has 3 N–H and O–H groups in total. The van der Waals surface area contributed by atoms with Crippen molar-refractivity contribution in [3.63, 3.8) is 0 Å². The van der Waals surface area contributed by atoms with Gasteiger partial charge in [-0.3, -0.25) is 4.79 Å². The van der Waals surface area contributed by atoms with Crippen molar-refractivity contribution in [1.82, 2.24) is 5.32 Å². The number of carbonyl (C=O) groups excluding carboxylic acids is 1. The topological polar surface area (TPSA) is 89.3 Å². The largest absolute Gasteiger partial charge is 0.356 e. The van der Waals surface area contributed by atoms with E-state index in [0.29, 0.717) is 25.3 Å². The van der Waals surface area contributed by atoms with Gasteiger partial charge in [-0.25, -0.2) is 13.6 Å². The van der Waals surface area contributed by atoms with E-state index in [-0.39, 0.29) is 15.5 Å². The first-order valence-electron chi connectivity index (χ1n) is 6.88. The van der Waals surface area contributed by atoms with Crippen LogP contribution in [0.1, 0.15) is 39.0 Å². The third-order valence-electron chi connectivity index (χ3n) is 3.58. The van der Waals surface area contributed by atoms with Crippen LogP contribution in [0.3, 0.4) is 0 Å². The Bertz CT molecular complexity index is 586. The summed E-state index contributed by atoms with van der Waals surface area (Å²) >= 11 is 1.15. The zero-order chi connectivity index (χ0) is 16.3. The summed E-state index contributed by atoms with van der Waals surface area (Å²) in [6.07, 6.45) is 1.10. The number of hydrogen-bond acceptors (Lipinski definition) is 4. The van der Waals surface area contributed by atoms with Crippen molar-refractivity contribution in [1.29, 1.82) is 0 Å². The van der Waals surface area contributed by atoms with E-state index in [1.165, 1.54) is 6.07 Å². The molecule has 0 saturated heterocycles. The van der Waals surface area contributed by atoms with Gasteiger partial charge in [0.2, 0.25) is 15.9 Å². The molecule has 1 atom stereocenters. The van der Waals surface area contributed by atoms with E-state index >= 15 is 0 Å². The Morgan fingerprint density at radius 1 is 1.38 bits per heavy atom. The predicted octanol–water partition coefficient (Wildman–Crippen LogP) is 2.13. The van der Waals surface area contributed by atoms with Gasteiger partial charge in [0.15, 0.2) is 0 Å². The molecule has 0 bridgehead atoms. The second-order valence-corrected chi connectivity index (χ2v) is 9.29. The van der Waals surface area contributed by atoms with Crippen molar-refractivity contribution >= 4 is 27.3 Å². The molecule has 1 aromatic rings. The van der Waals surface area contributed by atoms with Crippen LogP contribution in [0.4, 0.5) is 0 Å². The van der Waals surface area contributed by atoms with Crippen molar-refractivity contribution in [3.8, 4) is 0 Å².